The summed E-state index contributed by atoms with van der Waals surface area (Å²) in [5, 5.41) is 3.34. The predicted molar refractivity (Wildman–Crippen MR) is 76.7 cm³/mol. The molecule has 0 spiro atoms. The Labute approximate surface area is 113 Å². The summed E-state index contributed by atoms with van der Waals surface area (Å²) in [5.41, 5.74) is 5.81. The zero-order valence-corrected chi connectivity index (χ0v) is 11.3. The first-order valence-electron chi connectivity index (χ1n) is 6.75. The molecule has 19 heavy (non-hydrogen) atoms. The minimum absolute atomic E-state index is 0.163. The highest BCUT2D eigenvalue weighted by atomic mass is 19.1. The van der Waals surface area contributed by atoms with E-state index in [2.05, 4.69) is 23.5 Å². The highest BCUT2D eigenvalue weighted by molar-refractivity contribution is 5.66. The van der Waals surface area contributed by atoms with Crippen LogP contribution in [0, 0.1) is 12.7 Å². The average Bonchev–Trinajstić information content (AvgIpc) is 2.79. The third-order valence-corrected chi connectivity index (χ3v) is 3.94. The fourth-order valence-corrected chi connectivity index (χ4v) is 3.00. The first kappa shape index (κ1) is 12.4. The summed E-state index contributed by atoms with van der Waals surface area (Å²) in [7, 11) is 2.00. The van der Waals surface area contributed by atoms with Crippen molar-refractivity contribution in [2.24, 2.45) is 0 Å². The molecule has 0 aliphatic heterocycles. The lowest BCUT2D eigenvalue weighted by Gasteiger charge is -2.11. The molecule has 2 aromatic carbocycles. The van der Waals surface area contributed by atoms with Crippen LogP contribution in [0.15, 0.2) is 36.4 Å². The van der Waals surface area contributed by atoms with E-state index in [0.717, 1.165) is 29.5 Å². The van der Waals surface area contributed by atoms with Gasteiger partial charge in [-0.15, -0.1) is 0 Å². The Kier molecular flexibility index (Phi) is 3.11. The van der Waals surface area contributed by atoms with E-state index in [9.17, 15) is 4.39 Å². The van der Waals surface area contributed by atoms with Crippen molar-refractivity contribution >= 4 is 0 Å². The standard InChI is InChI=1S/C17H18FN/c1-11-7-14(10-15(18)8-11)12-3-5-16-13(9-12)4-6-17(16)19-2/h3,5,7-10,17,19H,4,6H2,1-2H3. The van der Waals surface area contributed by atoms with Crippen LogP contribution >= 0.6 is 0 Å². The summed E-state index contributed by atoms with van der Waals surface area (Å²) in [5.74, 6) is -0.163. The molecule has 1 atom stereocenters. The topological polar surface area (TPSA) is 12.0 Å². The van der Waals surface area contributed by atoms with Gasteiger partial charge in [-0.05, 0) is 66.8 Å². The monoisotopic (exact) mass is 255 g/mol. The number of fused-ring (bicyclic) bond motifs is 1. The number of hydrogen-bond acceptors (Lipinski definition) is 1. The number of benzene rings is 2. The summed E-state index contributed by atoms with van der Waals surface area (Å²) in [6, 6.07) is 12.2. The highest BCUT2D eigenvalue weighted by Gasteiger charge is 2.21. The van der Waals surface area contributed by atoms with Crippen LogP contribution in [0.3, 0.4) is 0 Å². The number of aryl methyl sites for hydroxylation is 2. The molecule has 0 bridgehead atoms. The zero-order valence-electron chi connectivity index (χ0n) is 11.3. The van der Waals surface area contributed by atoms with Crippen LogP contribution in [-0.2, 0) is 6.42 Å². The average molecular weight is 255 g/mol. The summed E-state index contributed by atoms with van der Waals surface area (Å²) < 4.78 is 13.5. The van der Waals surface area contributed by atoms with Crippen LogP contribution in [0.25, 0.3) is 11.1 Å². The van der Waals surface area contributed by atoms with Crippen LogP contribution in [0.1, 0.15) is 29.2 Å². The number of nitrogens with one attached hydrogen (secondary N) is 1. The molecule has 0 saturated heterocycles. The molecule has 0 heterocycles. The van der Waals surface area contributed by atoms with Crippen LogP contribution in [-0.4, -0.2) is 7.05 Å². The van der Waals surface area contributed by atoms with Crippen molar-refractivity contribution in [3.8, 4) is 11.1 Å². The van der Waals surface area contributed by atoms with E-state index in [1.54, 1.807) is 12.1 Å². The Balaban J connectivity index is 2.03. The highest BCUT2D eigenvalue weighted by Crippen LogP contribution is 2.34. The third kappa shape index (κ3) is 2.28. The number of hydrogen-bond donors (Lipinski definition) is 1. The van der Waals surface area contributed by atoms with E-state index < -0.39 is 0 Å². The summed E-state index contributed by atoms with van der Waals surface area (Å²) in [4.78, 5) is 0. The molecule has 1 nitrogen and oxygen atoms in total. The smallest absolute Gasteiger partial charge is 0.124 e. The molecule has 0 aromatic heterocycles. The van der Waals surface area contributed by atoms with Gasteiger partial charge in [0.1, 0.15) is 5.82 Å². The molecule has 1 unspecified atom stereocenters. The van der Waals surface area contributed by atoms with Gasteiger partial charge in [0.25, 0.3) is 0 Å². The van der Waals surface area contributed by atoms with Gasteiger partial charge in [-0.2, -0.15) is 0 Å². The van der Waals surface area contributed by atoms with Crippen LogP contribution in [0.4, 0.5) is 4.39 Å². The summed E-state index contributed by atoms with van der Waals surface area (Å²) in [6.07, 6.45) is 2.25. The Morgan fingerprint density at radius 3 is 2.68 bits per heavy atom. The lowest BCUT2D eigenvalue weighted by molar-refractivity contribution is 0.590. The van der Waals surface area contributed by atoms with Gasteiger partial charge in [0.2, 0.25) is 0 Å². The quantitative estimate of drug-likeness (QED) is 0.855. The molecular weight excluding hydrogens is 237 g/mol. The SMILES string of the molecule is CNC1CCc2cc(-c3cc(C)cc(F)c3)ccc21. The van der Waals surface area contributed by atoms with E-state index >= 15 is 0 Å². The predicted octanol–water partition coefficient (Wildman–Crippen LogP) is 4.01. The van der Waals surface area contributed by atoms with Gasteiger partial charge < -0.3 is 5.32 Å². The van der Waals surface area contributed by atoms with Crippen molar-refractivity contribution in [1.29, 1.82) is 0 Å². The van der Waals surface area contributed by atoms with Crippen molar-refractivity contribution in [2.45, 2.75) is 25.8 Å². The first-order chi connectivity index (χ1) is 9.17. The van der Waals surface area contributed by atoms with E-state index in [1.807, 2.05) is 20.0 Å². The van der Waals surface area contributed by atoms with E-state index in [1.165, 1.54) is 11.1 Å². The molecule has 0 fully saturated rings. The van der Waals surface area contributed by atoms with Gasteiger partial charge in [0, 0.05) is 6.04 Å². The fraction of sp³-hybridized carbons (Fsp3) is 0.294. The van der Waals surface area contributed by atoms with Gasteiger partial charge in [-0.1, -0.05) is 24.3 Å². The van der Waals surface area contributed by atoms with Crippen LogP contribution in [0.2, 0.25) is 0 Å². The van der Waals surface area contributed by atoms with E-state index in [4.69, 9.17) is 0 Å². The molecule has 1 aliphatic carbocycles. The van der Waals surface area contributed by atoms with Crippen molar-refractivity contribution in [2.75, 3.05) is 7.05 Å². The van der Waals surface area contributed by atoms with E-state index in [0.29, 0.717) is 6.04 Å². The molecule has 0 radical (unpaired) electrons. The fourth-order valence-electron chi connectivity index (χ4n) is 3.00. The Morgan fingerprint density at radius 2 is 1.95 bits per heavy atom. The van der Waals surface area contributed by atoms with Crippen molar-refractivity contribution in [3.05, 3.63) is 58.9 Å². The van der Waals surface area contributed by atoms with Gasteiger partial charge in [0.05, 0.1) is 0 Å². The van der Waals surface area contributed by atoms with E-state index in [-0.39, 0.29) is 5.82 Å². The largest absolute Gasteiger partial charge is 0.313 e. The molecule has 2 aromatic rings. The second-order valence-electron chi connectivity index (χ2n) is 5.31. The second kappa shape index (κ2) is 4.78. The molecule has 3 rings (SSSR count). The number of rotatable bonds is 2. The molecule has 98 valence electrons. The lowest BCUT2D eigenvalue weighted by atomic mass is 9.98. The molecule has 1 aliphatic rings. The Hall–Kier alpha value is -1.67. The Bertz CT molecular complexity index is 598. The van der Waals surface area contributed by atoms with Crippen molar-refractivity contribution < 1.29 is 4.39 Å². The van der Waals surface area contributed by atoms with Gasteiger partial charge in [0.15, 0.2) is 0 Å². The zero-order chi connectivity index (χ0) is 13.4. The van der Waals surface area contributed by atoms with Gasteiger partial charge >= 0.3 is 0 Å². The molecule has 2 heteroatoms. The van der Waals surface area contributed by atoms with Crippen LogP contribution < -0.4 is 5.32 Å². The normalized spacial score (nSPS) is 17.5. The molecule has 1 N–H and O–H groups in total. The lowest BCUT2D eigenvalue weighted by Crippen LogP contribution is -2.12. The molecular formula is C17H18FN. The van der Waals surface area contributed by atoms with Gasteiger partial charge in [-0.25, -0.2) is 4.39 Å². The minimum atomic E-state index is -0.163. The second-order valence-corrected chi connectivity index (χ2v) is 5.31. The maximum Gasteiger partial charge on any atom is 0.124 e. The molecule has 0 saturated carbocycles. The third-order valence-electron chi connectivity index (χ3n) is 3.94. The van der Waals surface area contributed by atoms with Gasteiger partial charge in [-0.3, -0.25) is 0 Å². The van der Waals surface area contributed by atoms with Crippen molar-refractivity contribution in [1.82, 2.24) is 5.32 Å². The summed E-state index contributed by atoms with van der Waals surface area (Å²) in [6.45, 7) is 1.93. The van der Waals surface area contributed by atoms with Crippen molar-refractivity contribution in [3.63, 3.8) is 0 Å². The Morgan fingerprint density at radius 1 is 1.11 bits per heavy atom. The molecule has 0 amide bonds. The van der Waals surface area contributed by atoms with Crippen LogP contribution in [0.5, 0.6) is 0 Å². The minimum Gasteiger partial charge on any atom is -0.313 e. The first-order valence-corrected chi connectivity index (χ1v) is 6.75. The number of halogens is 1. The maximum atomic E-state index is 13.5. The summed E-state index contributed by atoms with van der Waals surface area (Å²) >= 11 is 0. The maximum absolute atomic E-state index is 13.5.